The number of halogens is 1. The smallest absolute Gasteiger partial charge is 0.252 e. The molecule has 0 saturated carbocycles. The third-order valence-corrected chi connectivity index (χ3v) is 4.43. The molecule has 0 aliphatic heterocycles. The molecule has 3 N–H and O–H groups in total. The van der Waals surface area contributed by atoms with Gasteiger partial charge in [0, 0.05) is 23.1 Å². The number of nitrogens with two attached hydrogens (primary N) is 1. The fourth-order valence-corrected chi connectivity index (χ4v) is 2.88. The highest BCUT2D eigenvalue weighted by molar-refractivity contribution is 6.09. The number of hydrogen-bond acceptors (Lipinski definition) is 3. The van der Waals surface area contributed by atoms with Crippen LogP contribution in [-0.4, -0.2) is 23.6 Å². The van der Waals surface area contributed by atoms with Crippen molar-refractivity contribution >= 4 is 17.6 Å². The highest BCUT2D eigenvalue weighted by Crippen LogP contribution is 2.13. The monoisotopic (exact) mass is 390 g/mol. The zero-order chi connectivity index (χ0) is 20.8. The topological polar surface area (TPSA) is 89.3 Å². The summed E-state index contributed by atoms with van der Waals surface area (Å²) in [7, 11) is 0. The van der Waals surface area contributed by atoms with E-state index in [1.807, 2.05) is 6.07 Å². The summed E-state index contributed by atoms with van der Waals surface area (Å²) in [5, 5.41) is 2.52. The van der Waals surface area contributed by atoms with Crippen molar-refractivity contribution in [2.24, 2.45) is 5.73 Å². The van der Waals surface area contributed by atoms with Crippen molar-refractivity contribution in [1.82, 2.24) is 5.32 Å². The Morgan fingerprint density at radius 3 is 2.07 bits per heavy atom. The molecule has 0 radical (unpaired) electrons. The summed E-state index contributed by atoms with van der Waals surface area (Å²) >= 11 is 0. The fourth-order valence-electron chi connectivity index (χ4n) is 2.88. The largest absolute Gasteiger partial charge is 0.368 e. The van der Waals surface area contributed by atoms with Crippen LogP contribution in [-0.2, 0) is 11.2 Å². The number of benzene rings is 3. The van der Waals surface area contributed by atoms with E-state index in [0.29, 0.717) is 11.1 Å². The van der Waals surface area contributed by atoms with Gasteiger partial charge in [-0.15, -0.1) is 0 Å². The van der Waals surface area contributed by atoms with E-state index in [-0.39, 0.29) is 17.8 Å². The molecule has 0 bridgehead atoms. The van der Waals surface area contributed by atoms with Gasteiger partial charge in [0.2, 0.25) is 5.91 Å². The van der Waals surface area contributed by atoms with Gasteiger partial charge < -0.3 is 11.1 Å². The SMILES string of the molecule is NC(=O)[C@@H](Cc1ccc(C(=O)c2ccccc2)cc1)NC(=O)c1cccc(F)c1. The summed E-state index contributed by atoms with van der Waals surface area (Å²) in [6.45, 7) is 0. The number of ketones is 1. The van der Waals surface area contributed by atoms with Crippen molar-refractivity contribution in [1.29, 1.82) is 0 Å². The molecule has 0 spiro atoms. The lowest BCUT2D eigenvalue weighted by Crippen LogP contribution is -2.45. The minimum absolute atomic E-state index is 0.0973. The average Bonchev–Trinajstić information content (AvgIpc) is 2.73. The Kier molecular flexibility index (Phi) is 6.14. The van der Waals surface area contributed by atoms with E-state index in [1.165, 1.54) is 18.2 Å². The minimum Gasteiger partial charge on any atom is -0.368 e. The molecule has 0 saturated heterocycles. The van der Waals surface area contributed by atoms with E-state index in [9.17, 15) is 18.8 Å². The van der Waals surface area contributed by atoms with Gasteiger partial charge in [0.05, 0.1) is 0 Å². The Hall–Kier alpha value is -3.80. The first-order valence-corrected chi connectivity index (χ1v) is 8.98. The maximum Gasteiger partial charge on any atom is 0.252 e. The van der Waals surface area contributed by atoms with Crippen LogP contribution in [0, 0.1) is 5.82 Å². The lowest BCUT2D eigenvalue weighted by atomic mass is 9.99. The lowest BCUT2D eigenvalue weighted by molar-refractivity contribution is -0.119. The molecular formula is C23H19FN2O3. The molecule has 1 atom stereocenters. The molecular weight excluding hydrogens is 371 g/mol. The Bertz CT molecular complexity index is 1030. The van der Waals surface area contributed by atoms with Gasteiger partial charge in [-0.1, -0.05) is 60.7 Å². The lowest BCUT2D eigenvalue weighted by Gasteiger charge is -2.16. The summed E-state index contributed by atoms with van der Waals surface area (Å²) in [4.78, 5) is 36.5. The molecule has 3 aromatic carbocycles. The van der Waals surface area contributed by atoms with Crippen LogP contribution < -0.4 is 11.1 Å². The normalized spacial score (nSPS) is 11.5. The van der Waals surface area contributed by atoms with E-state index < -0.39 is 23.7 Å². The molecule has 3 rings (SSSR count). The molecule has 3 aromatic rings. The molecule has 0 fully saturated rings. The molecule has 0 aromatic heterocycles. The molecule has 5 nitrogen and oxygen atoms in total. The van der Waals surface area contributed by atoms with Crippen LogP contribution in [0.1, 0.15) is 31.8 Å². The average molecular weight is 390 g/mol. The summed E-state index contributed by atoms with van der Waals surface area (Å²) in [6.07, 6.45) is 0.149. The van der Waals surface area contributed by atoms with Crippen LogP contribution in [0.25, 0.3) is 0 Å². The van der Waals surface area contributed by atoms with Gasteiger partial charge in [-0.05, 0) is 23.8 Å². The van der Waals surface area contributed by atoms with Crippen molar-refractivity contribution in [3.8, 4) is 0 Å². The second-order valence-corrected chi connectivity index (χ2v) is 6.53. The maximum atomic E-state index is 13.3. The Morgan fingerprint density at radius 1 is 0.828 bits per heavy atom. The predicted molar refractivity (Wildman–Crippen MR) is 107 cm³/mol. The molecule has 6 heteroatoms. The highest BCUT2D eigenvalue weighted by Gasteiger charge is 2.20. The predicted octanol–water partition coefficient (Wildman–Crippen LogP) is 2.88. The van der Waals surface area contributed by atoms with E-state index >= 15 is 0 Å². The van der Waals surface area contributed by atoms with Gasteiger partial charge in [0.15, 0.2) is 5.78 Å². The van der Waals surface area contributed by atoms with Gasteiger partial charge in [-0.2, -0.15) is 0 Å². The van der Waals surface area contributed by atoms with Crippen LogP contribution in [0.15, 0.2) is 78.9 Å². The molecule has 0 unspecified atom stereocenters. The Balaban J connectivity index is 1.70. The first kappa shape index (κ1) is 19.9. The second-order valence-electron chi connectivity index (χ2n) is 6.53. The molecule has 146 valence electrons. The van der Waals surface area contributed by atoms with E-state index in [4.69, 9.17) is 5.73 Å². The number of primary amides is 1. The van der Waals surface area contributed by atoms with Crippen LogP contribution in [0.2, 0.25) is 0 Å². The van der Waals surface area contributed by atoms with Crippen LogP contribution in [0.4, 0.5) is 4.39 Å². The Labute approximate surface area is 167 Å². The van der Waals surface area contributed by atoms with Crippen molar-refractivity contribution in [3.05, 3.63) is 107 Å². The molecule has 0 heterocycles. The summed E-state index contributed by atoms with van der Waals surface area (Å²) in [6, 6.07) is 19.8. The molecule has 29 heavy (non-hydrogen) atoms. The number of rotatable bonds is 7. The third-order valence-electron chi connectivity index (χ3n) is 4.43. The van der Waals surface area contributed by atoms with Gasteiger partial charge >= 0.3 is 0 Å². The zero-order valence-corrected chi connectivity index (χ0v) is 15.5. The number of carbonyl (C=O) groups is 3. The second kappa shape index (κ2) is 8.93. The van der Waals surface area contributed by atoms with E-state index in [1.54, 1.807) is 48.5 Å². The van der Waals surface area contributed by atoms with E-state index in [0.717, 1.165) is 11.6 Å². The van der Waals surface area contributed by atoms with E-state index in [2.05, 4.69) is 5.32 Å². The highest BCUT2D eigenvalue weighted by atomic mass is 19.1. The maximum absolute atomic E-state index is 13.3. The number of hydrogen-bond donors (Lipinski definition) is 2. The third kappa shape index (κ3) is 5.13. The molecule has 2 amide bonds. The van der Waals surface area contributed by atoms with Gasteiger partial charge in [0.25, 0.3) is 5.91 Å². The zero-order valence-electron chi connectivity index (χ0n) is 15.5. The number of amides is 2. The summed E-state index contributed by atoms with van der Waals surface area (Å²) < 4.78 is 13.3. The molecule has 0 aliphatic carbocycles. The van der Waals surface area contributed by atoms with Crippen LogP contribution in [0.3, 0.4) is 0 Å². The molecule has 0 aliphatic rings. The standard InChI is InChI=1S/C23H19FN2O3/c24-19-8-4-7-18(14-19)23(29)26-20(22(25)28)13-15-9-11-17(12-10-15)21(27)16-5-2-1-3-6-16/h1-12,14,20H,13H2,(H2,25,28)(H,26,29)/t20-/m1/s1. The van der Waals surface area contributed by atoms with Crippen molar-refractivity contribution in [2.75, 3.05) is 0 Å². The van der Waals surface area contributed by atoms with Crippen molar-refractivity contribution in [2.45, 2.75) is 12.5 Å². The summed E-state index contributed by atoms with van der Waals surface area (Å²) in [5.41, 5.74) is 7.33. The van der Waals surface area contributed by atoms with Crippen LogP contribution >= 0.6 is 0 Å². The fraction of sp³-hybridized carbons (Fsp3) is 0.0870. The first-order valence-electron chi connectivity index (χ1n) is 8.98. The van der Waals surface area contributed by atoms with Gasteiger partial charge in [0.1, 0.15) is 11.9 Å². The quantitative estimate of drug-likeness (QED) is 0.608. The Morgan fingerprint density at radius 2 is 1.45 bits per heavy atom. The van der Waals surface area contributed by atoms with Crippen molar-refractivity contribution in [3.63, 3.8) is 0 Å². The first-order chi connectivity index (χ1) is 13.9. The minimum atomic E-state index is -0.971. The number of carbonyl (C=O) groups excluding carboxylic acids is 3. The summed E-state index contributed by atoms with van der Waals surface area (Å²) in [5.74, 6) is -1.96. The number of nitrogens with one attached hydrogen (secondary N) is 1. The van der Waals surface area contributed by atoms with Gasteiger partial charge in [-0.25, -0.2) is 4.39 Å². The van der Waals surface area contributed by atoms with Gasteiger partial charge in [-0.3, -0.25) is 14.4 Å². The van der Waals surface area contributed by atoms with Crippen LogP contribution in [0.5, 0.6) is 0 Å². The van der Waals surface area contributed by atoms with Crippen molar-refractivity contribution < 1.29 is 18.8 Å².